The molecule has 0 aliphatic carbocycles. The molecule has 0 amide bonds. The monoisotopic (exact) mass is 246 g/mol. The van der Waals surface area contributed by atoms with Gasteiger partial charge in [0.05, 0.1) is 9.85 Å². The number of nitro benzene ring substituents is 2. The van der Waals surface area contributed by atoms with Crippen LogP contribution in [0.2, 0.25) is 0 Å². The highest BCUT2D eigenvalue weighted by molar-refractivity contribution is 6.06. The summed E-state index contributed by atoms with van der Waals surface area (Å²) in [7, 11) is 0. The lowest BCUT2D eigenvalue weighted by Crippen LogP contribution is -1.96. The molecular formula is C11H6N2O5. The number of non-ortho nitro benzene ring substituents is 2. The van der Waals surface area contributed by atoms with Gasteiger partial charge in [-0.1, -0.05) is 12.1 Å². The Labute approximate surface area is 99.9 Å². The molecule has 0 spiro atoms. The fraction of sp³-hybridized carbons (Fsp3) is 0. The Bertz CT molecular complexity index is 660. The quantitative estimate of drug-likeness (QED) is 0.470. The van der Waals surface area contributed by atoms with Gasteiger partial charge in [0.1, 0.15) is 5.39 Å². The molecule has 0 aliphatic heterocycles. The van der Waals surface area contributed by atoms with Crippen LogP contribution in [0.25, 0.3) is 10.8 Å². The number of rotatable bonds is 3. The molecule has 2 aromatic rings. The highest BCUT2D eigenvalue weighted by Crippen LogP contribution is 2.34. The Kier molecular flexibility index (Phi) is 2.72. The molecule has 0 N–H and O–H groups in total. The van der Waals surface area contributed by atoms with Crippen molar-refractivity contribution in [2.24, 2.45) is 0 Å². The second-order valence-corrected chi connectivity index (χ2v) is 3.51. The van der Waals surface area contributed by atoms with Crippen LogP contribution in [0, 0.1) is 20.2 Å². The predicted molar refractivity (Wildman–Crippen MR) is 62.6 cm³/mol. The zero-order valence-electron chi connectivity index (χ0n) is 8.90. The highest BCUT2D eigenvalue weighted by Gasteiger charge is 2.23. The molecule has 0 fully saturated rings. The molecule has 18 heavy (non-hydrogen) atoms. The third-order valence-electron chi connectivity index (χ3n) is 2.55. The van der Waals surface area contributed by atoms with E-state index in [9.17, 15) is 25.0 Å². The van der Waals surface area contributed by atoms with E-state index in [4.69, 9.17) is 0 Å². The summed E-state index contributed by atoms with van der Waals surface area (Å²) in [5.41, 5.74) is -0.592. The predicted octanol–water partition coefficient (Wildman–Crippen LogP) is 2.47. The first-order valence-electron chi connectivity index (χ1n) is 4.86. The number of hydrogen-bond acceptors (Lipinski definition) is 5. The molecule has 7 heteroatoms. The lowest BCUT2D eigenvalue weighted by Gasteiger charge is -2.02. The minimum absolute atomic E-state index is 0.128. The molecule has 0 heterocycles. The zero-order chi connectivity index (χ0) is 13.3. The smallest absolute Gasteiger partial charge is 0.284 e. The van der Waals surface area contributed by atoms with Gasteiger partial charge in [-0.2, -0.15) is 0 Å². The van der Waals surface area contributed by atoms with Gasteiger partial charge in [-0.15, -0.1) is 0 Å². The molecular weight excluding hydrogens is 240 g/mol. The summed E-state index contributed by atoms with van der Waals surface area (Å²) < 4.78 is 0. The Morgan fingerprint density at radius 2 is 1.56 bits per heavy atom. The highest BCUT2D eigenvalue weighted by atomic mass is 16.6. The summed E-state index contributed by atoms with van der Waals surface area (Å²) in [6.07, 6.45) is 0.510. The van der Waals surface area contributed by atoms with Crippen LogP contribution in [0.1, 0.15) is 10.4 Å². The second kappa shape index (κ2) is 4.21. The number of aldehydes is 1. The van der Waals surface area contributed by atoms with Crippen LogP contribution >= 0.6 is 0 Å². The first-order chi connectivity index (χ1) is 8.56. The van der Waals surface area contributed by atoms with Crippen LogP contribution in [0.4, 0.5) is 11.4 Å². The second-order valence-electron chi connectivity index (χ2n) is 3.51. The fourth-order valence-electron chi connectivity index (χ4n) is 1.80. The first kappa shape index (κ1) is 11.6. The average molecular weight is 246 g/mol. The van der Waals surface area contributed by atoms with Crippen LogP contribution < -0.4 is 0 Å². The SMILES string of the molecule is O=Cc1ccc([N+](=O)[O-])c2c([N+](=O)[O-])cccc12. The van der Waals surface area contributed by atoms with Gasteiger partial charge in [-0.3, -0.25) is 25.0 Å². The van der Waals surface area contributed by atoms with E-state index in [2.05, 4.69) is 0 Å². The summed E-state index contributed by atoms with van der Waals surface area (Å²) in [5.74, 6) is 0. The lowest BCUT2D eigenvalue weighted by molar-refractivity contribution is -0.390. The number of carbonyl (C=O) groups is 1. The van der Waals surface area contributed by atoms with Gasteiger partial charge >= 0.3 is 0 Å². The van der Waals surface area contributed by atoms with Crippen molar-refractivity contribution < 1.29 is 14.6 Å². The van der Waals surface area contributed by atoms with Crippen molar-refractivity contribution >= 4 is 28.4 Å². The zero-order valence-corrected chi connectivity index (χ0v) is 8.90. The van der Waals surface area contributed by atoms with Gasteiger partial charge in [-0.05, 0) is 6.07 Å². The van der Waals surface area contributed by atoms with Crippen LogP contribution in [0.15, 0.2) is 30.3 Å². The van der Waals surface area contributed by atoms with Gasteiger partial charge < -0.3 is 0 Å². The van der Waals surface area contributed by atoms with Crippen molar-refractivity contribution in [1.82, 2.24) is 0 Å². The number of carbonyl (C=O) groups excluding carboxylic acids is 1. The van der Waals surface area contributed by atoms with Crippen molar-refractivity contribution in [3.05, 3.63) is 56.1 Å². The number of hydrogen-bond donors (Lipinski definition) is 0. The van der Waals surface area contributed by atoms with Gasteiger partial charge in [0, 0.05) is 23.1 Å². The van der Waals surface area contributed by atoms with Crippen molar-refractivity contribution in [2.75, 3.05) is 0 Å². The molecule has 2 rings (SSSR count). The first-order valence-corrected chi connectivity index (χ1v) is 4.86. The van der Waals surface area contributed by atoms with E-state index in [0.717, 1.165) is 6.07 Å². The van der Waals surface area contributed by atoms with E-state index in [1.54, 1.807) is 0 Å². The molecule has 0 saturated carbocycles. The minimum Gasteiger partial charge on any atom is -0.298 e. The topological polar surface area (TPSA) is 103 Å². The third-order valence-corrected chi connectivity index (χ3v) is 2.55. The molecule has 0 aromatic heterocycles. The Morgan fingerprint density at radius 1 is 0.944 bits per heavy atom. The van der Waals surface area contributed by atoms with Crippen LogP contribution in [0.5, 0.6) is 0 Å². The van der Waals surface area contributed by atoms with Gasteiger partial charge in [-0.25, -0.2) is 0 Å². The maximum Gasteiger partial charge on any atom is 0.284 e. The third kappa shape index (κ3) is 1.67. The molecule has 0 radical (unpaired) electrons. The van der Waals surface area contributed by atoms with Crippen LogP contribution in [0.3, 0.4) is 0 Å². The molecule has 0 saturated heterocycles. The minimum atomic E-state index is -0.704. The Morgan fingerprint density at radius 3 is 2.11 bits per heavy atom. The molecule has 0 bridgehead atoms. The number of fused-ring (bicyclic) bond motifs is 1. The lowest BCUT2D eigenvalue weighted by atomic mass is 10.0. The van der Waals surface area contributed by atoms with Gasteiger partial charge in [0.2, 0.25) is 0 Å². The molecule has 0 aliphatic rings. The van der Waals surface area contributed by atoms with Crippen molar-refractivity contribution in [2.45, 2.75) is 0 Å². The molecule has 7 nitrogen and oxygen atoms in total. The Balaban J connectivity index is 3.01. The van der Waals surface area contributed by atoms with E-state index in [1.807, 2.05) is 0 Å². The van der Waals surface area contributed by atoms with E-state index < -0.39 is 9.85 Å². The van der Waals surface area contributed by atoms with E-state index in [-0.39, 0.29) is 27.7 Å². The number of nitrogens with zero attached hydrogens (tertiary/aromatic N) is 2. The molecule has 0 atom stereocenters. The van der Waals surface area contributed by atoms with E-state index >= 15 is 0 Å². The normalized spacial score (nSPS) is 10.2. The van der Waals surface area contributed by atoms with Crippen LogP contribution in [-0.2, 0) is 0 Å². The summed E-state index contributed by atoms with van der Waals surface area (Å²) >= 11 is 0. The van der Waals surface area contributed by atoms with Crippen LogP contribution in [-0.4, -0.2) is 16.1 Å². The maximum absolute atomic E-state index is 10.9. The fourth-order valence-corrected chi connectivity index (χ4v) is 1.80. The van der Waals surface area contributed by atoms with Crippen molar-refractivity contribution in [1.29, 1.82) is 0 Å². The summed E-state index contributed by atoms with van der Waals surface area (Å²) in [6.45, 7) is 0. The van der Waals surface area contributed by atoms with Gasteiger partial charge in [0.25, 0.3) is 11.4 Å². The maximum atomic E-state index is 10.9. The molecule has 2 aromatic carbocycles. The largest absolute Gasteiger partial charge is 0.298 e. The summed E-state index contributed by atoms with van der Waals surface area (Å²) in [5, 5.41) is 21.8. The standard InChI is InChI=1S/C11H6N2O5/c14-6-7-4-5-10(13(17)18)11-8(7)2-1-3-9(11)12(15)16/h1-6H. The molecule has 0 unspecified atom stereocenters. The van der Waals surface area contributed by atoms with E-state index in [1.165, 1.54) is 24.3 Å². The summed E-state index contributed by atoms with van der Waals surface area (Å²) in [4.78, 5) is 31.2. The van der Waals surface area contributed by atoms with E-state index in [0.29, 0.717) is 6.29 Å². The van der Waals surface area contributed by atoms with Crippen molar-refractivity contribution in [3.8, 4) is 0 Å². The number of benzene rings is 2. The average Bonchev–Trinajstić information content (AvgIpc) is 2.36. The Hall–Kier alpha value is -2.83. The van der Waals surface area contributed by atoms with Gasteiger partial charge in [0.15, 0.2) is 6.29 Å². The van der Waals surface area contributed by atoms with Crippen molar-refractivity contribution in [3.63, 3.8) is 0 Å². The number of nitro groups is 2. The molecule has 90 valence electrons. The summed E-state index contributed by atoms with van der Waals surface area (Å²) in [6, 6.07) is 6.37.